The van der Waals surface area contributed by atoms with Gasteiger partial charge in [0.25, 0.3) is 5.69 Å². The molecule has 0 radical (unpaired) electrons. The van der Waals surface area contributed by atoms with Crippen molar-refractivity contribution < 1.29 is 14.5 Å². The molecule has 1 aliphatic heterocycles. The van der Waals surface area contributed by atoms with Crippen molar-refractivity contribution in [1.82, 2.24) is 5.06 Å². The Kier molecular flexibility index (Phi) is 4.35. The predicted molar refractivity (Wildman–Crippen MR) is 91.8 cm³/mol. The molecule has 24 heavy (non-hydrogen) atoms. The first-order chi connectivity index (χ1) is 10.8. The zero-order valence-corrected chi connectivity index (χ0v) is 15.3. The highest BCUT2D eigenvalue weighted by Gasteiger charge is 2.53. The second-order valence-corrected chi connectivity index (χ2v) is 8.02. The van der Waals surface area contributed by atoms with Crippen LogP contribution in [0.2, 0.25) is 0 Å². The molecule has 1 aromatic rings. The van der Waals surface area contributed by atoms with Gasteiger partial charge in [0.2, 0.25) is 5.79 Å². The van der Waals surface area contributed by atoms with Gasteiger partial charge in [0.1, 0.15) is 0 Å². The van der Waals surface area contributed by atoms with Crippen molar-refractivity contribution in [3.05, 3.63) is 34.4 Å². The molecule has 1 aromatic carbocycles. The quantitative estimate of drug-likeness (QED) is 0.591. The normalized spacial score (nSPS) is 23.5. The lowest BCUT2D eigenvalue weighted by molar-refractivity contribution is -0.384. The van der Waals surface area contributed by atoms with Crippen LogP contribution in [-0.2, 0) is 9.57 Å². The first-order valence-electron chi connectivity index (χ1n) is 7.85. The summed E-state index contributed by atoms with van der Waals surface area (Å²) in [7, 11) is 0. The topological polar surface area (TPSA) is 77.2 Å². The van der Waals surface area contributed by atoms with E-state index < -0.39 is 10.7 Å². The van der Waals surface area contributed by atoms with Crippen LogP contribution in [0.15, 0.2) is 29.3 Å². The molecule has 1 aliphatic rings. The van der Waals surface area contributed by atoms with Crippen molar-refractivity contribution in [1.29, 1.82) is 0 Å². The molecular weight excluding hydrogens is 310 g/mol. The molecule has 1 saturated heterocycles. The second-order valence-electron chi connectivity index (χ2n) is 8.02. The van der Waals surface area contributed by atoms with Crippen LogP contribution in [0.4, 0.5) is 11.4 Å². The van der Waals surface area contributed by atoms with Crippen molar-refractivity contribution in [2.24, 2.45) is 10.4 Å². The van der Waals surface area contributed by atoms with Gasteiger partial charge in [-0.2, -0.15) is 10.1 Å². The smallest absolute Gasteiger partial charge is 0.320 e. The molecule has 0 aromatic heterocycles. The highest BCUT2D eigenvalue weighted by atomic mass is 16.9. The number of rotatable bonds is 2. The van der Waals surface area contributed by atoms with Gasteiger partial charge in [0.15, 0.2) is 0 Å². The highest BCUT2D eigenvalue weighted by molar-refractivity contribution is 5.78. The third kappa shape index (κ3) is 3.51. The summed E-state index contributed by atoms with van der Waals surface area (Å²) in [5, 5.41) is 12.4. The lowest BCUT2D eigenvalue weighted by atomic mass is 9.87. The van der Waals surface area contributed by atoms with Gasteiger partial charge in [-0.3, -0.25) is 10.1 Å². The highest BCUT2D eigenvalue weighted by Crippen LogP contribution is 2.42. The van der Waals surface area contributed by atoms with Crippen LogP contribution in [0.25, 0.3) is 0 Å². The van der Waals surface area contributed by atoms with Crippen LogP contribution >= 0.6 is 0 Å². The summed E-state index contributed by atoms with van der Waals surface area (Å²) in [6.07, 6.45) is 0. The molecule has 1 unspecified atom stereocenters. The number of hydrogen-bond acceptors (Lipinski definition) is 5. The van der Waals surface area contributed by atoms with Crippen molar-refractivity contribution in [3.63, 3.8) is 0 Å². The monoisotopic (exact) mass is 335 g/mol. The Hall–Kier alpha value is -2.15. The van der Waals surface area contributed by atoms with Gasteiger partial charge in [0, 0.05) is 24.5 Å². The Morgan fingerprint density at radius 3 is 2.08 bits per heavy atom. The van der Waals surface area contributed by atoms with Gasteiger partial charge in [0.05, 0.1) is 16.1 Å². The fraction of sp³-hybridized carbons (Fsp3) is 0.588. The summed E-state index contributed by atoms with van der Waals surface area (Å²) in [5.41, 5.74) is -0.0485. The Balaban J connectivity index is 2.39. The Labute approximate surface area is 142 Å². The predicted octanol–water partition coefficient (Wildman–Crippen LogP) is 4.41. The number of benzene rings is 1. The van der Waals surface area contributed by atoms with E-state index in [4.69, 9.17) is 9.57 Å². The minimum Gasteiger partial charge on any atom is -0.428 e. The summed E-state index contributed by atoms with van der Waals surface area (Å²) in [4.78, 5) is 20.9. The third-order valence-corrected chi connectivity index (χ3v) is 3.98. The number of hydroxylamine groups is 2. The van der Waals surface area contributed by atoms with E-state index in [2.05, 4.69) is 4.99 Å². The van der Waals surface area contributed by atoms with Gasteiger partial charge >= 0.3 is 6.02 Å². The fourth-order valence-corrected chi connectivity index (χ4v) is 1.99. The minimum atomic E-state index is -0.861. The van der Waals surface area contributed by atoms with E-state index in [1.165, 1.54) is 12.1 Å². The second kappa shape index (κ2) is 5.73. The van der Waals surface area contributed by atoms with Crippen LogP contribution in [-0.4, -0.2) is 27.3 Å². The number of non-ortho nitro benzene ring substituents is 1. The molecule has 7 nitrogen and oxygen atoms in total. The van der Waals surface area contributed by atoms with Crippen LogP contribution in [0, 0.1) is 15.5 Å². The molecular formula is C17H25N3O4. The lowest BCUT2D eigenvalue weighted by Gasteiger charge is -2.36. The van der Waals surface area contributed by atoms with Crippen LogP contribution in [0.3, 0.4) is 0 Å². The molecule has 132 valence electrons. The van der Waals surface area contributed by atoms with Crippen molar-refractivity contribution in [3.8, 4) is 0 Å². The third-order valence-electron chi connectivity index (χ3n) is 3.98. The van der Waals surface area contributed by atoms with Gasteiger partial charge < -0.3 is 4.74 Å². The number of nitro benzene ring substituents is 1. The average Bonchev–Trinajstić information content (AvgIpc) is 2.77. The minimum absolute atomic E-state index is 0.0229. The van der Waals surface area contributed by atoms with Crippen molar-refractivity contribution >= 4 is 17.4 Å². The van der Waals surface area contributed by atoms with Gasteiger partial charge in [-0.05, 0) is 32.9 Å². The molecule has 7 heteroatoms. The molecule has 2 rings (SSSR count). The fourth-order valence-electron chi connectivity index (χ4n) is 1.99. The summed E-state index contributed by atoms with van der Waals surface area (Å²) in [6.45, 7) is 14.0. The summed E-state index contributed by atoms with van der Waals surface area (Å²) in [5.74, 6) is -0.861. The number of aliphatic imine (C=N–C) groups is 1. The molecule has 0 amide bonds. The van der Waals surface area contributed by atoms with Crippen molar-refractivity contribution in [2.45, 2.75) is 59.8 Å². The molecule has 0 saturated carbocycles. The number of amidine groups is 1. The SMILES string of the molecule is CC(C)(C)N1OC(C)(C(C)(C)C)OC1=Nc1ccc([N+](=O)[O-])cc1. The van der Waals surface area contributed by atoms with Crippen LogP contribution < -0.4 is 0 Å². The van der Waals surface area contributed by atoms with E-state index in [0.29, 0.717) is 11.7 Å². The molecule has 0 spiro atoms. The van der Waals surface area contributed by atoms with E-state index in [1.807, 2.05) is 48.5 Å². The molecule has 1 heterocycles. The lowest BCUT2D eigenvalue weighted by Crippen LogP contribution is -2.45. The zero-order chi connectivity index (χ0) is 18.3. The molecule has 1 atom stereocenters. The van der Waals surface area contributed by atoms with E-state index in [0.717, 1.165) is 0 Å². The van der Waals surface area contributed by atoms with E-state index in [-0.39, 0.29) is 16.6 Å². The summed E-state index contributed by atoms with van der Waals surface area (Å²) < 4.78 is 6.05. The van der Waals surface area contributed by atoms with Gasteiger partial charge in [-0.25, -0.2) is 4.84 Å². The summed E-state index contributed by atoms with van der Waals surface area (Å²) in [6, 6.07) is 6.34. The van der Waals surface area contributed by atoms with Crippen LogP contribution in [0.1, 0.15) is 48.5 Å². The number of ether oxygens (including phenoxy) is 1. The first kappa shape index (κ1) is 18.2. The van der Waals surface area contributed by atoms with Gasteiger partial charge in [-0.1, -0.05) is 20.8 Å². The van der Waals surface area contributed by atoms with E-state index in [9.17, 15) is 10.1 Å². The van der Waals surface area contributed by atoms with E-state index >= 15 is 0 Å². The maximum absolute atomic E-state index is 10.8. The maximum Gasteiger partial charge on any atom is 0.320 e. The van der Waals surface area contributed by atoms with E-state index in [1.54, 1.807) is 17.2 Å². The average molecular weight is 335 g/mol. The Morgan fingerprint density at radius 1 is 1.12 bits per heavy atom. The molecule has 1 fully saturated rings. The zero-order valence-electron chi connectivity index (χ0n) is 15.3. The Morgan fingerprint density at radius 2 is 1.67 bits per heavy atom. The summed E-state index contributed by atoms with van der Waals surface area (Å²) >= 11 is 0. The largest absolute Gasteiger partial charge is 0.428 e. The number of nitro groups is 1. The van der Waals surface area contributed by atoms with Crippen LogP contribution in [0.5, 0.6) is 0 Å². The molecule has 0 aliphatic carbocycles. The standard InChI is InChI=1S/C17H25N3O4/c1-15(2,3)17(7)23-14(19(24-17)16(4,5)6)18-12-8-10-13(11-9-12)20(21)22/h8-11H,1-7H3. The molecule has 0 N–H and O–H groups in total. The van der Waals surface area contributed by atoms with Gasteiger partial charge in [-0.15, -0.1) is 0 Å². The Bertz CT molecular complexity index is 656. The van der Waals surface area contributed by atoms with Crippen molar-refractivity contribution in [2.75, 3.05) is 0 Å². The molecule has 0 bridgehead atoms. The maximum atomic E-state index is 10.8. The number of nitrogens with zero attached hydrogens (tertiary/aromatic N) is 3. The number of hydrogen-bond donors (Lipinski definition) is 0. The first-order valence-corrected chi connectivity index (χ1v) is 7.85.